The first kappa shape index (κ1) is 20.7. The highest BCUT2D eigenvalue weighted by molar-refractivity contribution is 7.89. The van der Waals surface area contributed by atoms with Crippen LogP contribution in [0.15, 0.2) is 83.8 Å². The predicted octanol–water partition coefficient (Wildman–Crippen LogP) is 4.42. The highest BCUT2D eigenvalue weighted by Crippen LogP contribution is 2.30. The topological polar surface area (TPSA) is 121 Å². The van der Waals surface area contributed by atoms with Gasteiger partial charge in [0.25, 0.3) is 5.69 Å². The number of nitro groups is 1. The Morgan fingerprint density at radius 1 is 0.903 bits per heavy atom. The summed E-state index contributed by atoms with van der Waals surface area (Å²) in [7, 11) is -3.82. The first-order chi connectivity index (χ1) is 14.7. The lowest BCUT2D eigenvalue weighted by atomic mass is 10.1. The second kappa shape index (κ2) is 7.95. The van der Waals surface area contributed by atoms with Crippen LogP contribution in [0, 0.1) is 10.1 Å². The van der Waals surface area contributed by atoms with Crippen LogP contribution in [0.5, 0.6) is 0 Å². The van der Waals surface area contributed by atoms with Crippen LogP contribution >= 0.6 is 11.6 Å². The third-order valence-electron chi connectivity index (χ3n) is 4.63. The van der Waals surface area contributed by atoms with Crippen LogP contribution in [0.4, 0.5) is 5.69 Å². The molecule has 0 saturated heterocycles. The SMILES string of the molecule is NS(=O)(=O)c1ccc(-n2nc(-c3ccc([N+](=O)[O-])cc3)cc2-c2ccc(Cl)cc2)cc1. The largest absolute Gasteiger partial charge is 0.269 e. The number of benzene rings is 3. The molecule has 2 N–H and O–H groups in total. The second-order valence-corrected chi connectivity index (χ2v) is 8.67. The van der Waals surface area contributed by atoms with Crippen molar-refractivity contribution in [1.82, 2.24) is 9.78 Å². The highest BCUT2D eigenvalue weighted by Gasteiger charge is 2.15. The molecule has 0 fully saturated rings. The number of aromatic nitrogens is 2. The minimum Gasteiger partial charge on any atom is -0.258 e. The van der Waals surface area contributed by atoms with Gasteiger partial charge < -0.3 is 0 Å². The Morgan fingerprint density at radius 2 is 1.48 bits per heavy atom. The van der Waals surface area contributed by atoms with E-state index in [4.69, 9.17) is 16.7 Å². The summed E-state index contributed by atoms with van der Waals surface area (Å²) >= 11 is 6.01. The summed E-state index contributed by atoms with van der Waals surface area (Å²) in [5.74, 6) is 0. The minimum absolute atomic E-state index is 0.00737. The molecule has 0 aliphatic rings. The van der Waals surface area contributed by atoms with Crippen LogP contribution in [-0.2, 0) is 10.0 Å². The zero-order valence-electron chi connectivity index (χ0n) is 15.8. The van der Waals surface area contributed by atoms with E-state index in [1.165, 1.54) is 24.3 Å². The Hall–Kier alpha value is -3.53. The second-order valence-electron chi connectivity index (χ2n) is 6.68. The number of non-ortho nitro benzene ring substituents is 1. The number of halogens is 1. The number of primary sulfonamides is 1. The molecular formula is C21H15ClN4O4S. The molecule has 10 heteroatoms. The summed E-state index contributed by atoms with van der Waals surface area (Å²) in [4.78, 5) is 10.5. The zero-order valence-corrected chi connectivity index (χ0v) is 17.4. The van der Waals surface area contributed by atoms with E-state index in [2.05, 4.69) is 5.10 Å². The molecule has 0 atom stereocenters. The molecule has 8 nitrogen and oxygen atoms in total. The molecule has 0 saturated carbocycles. The molecule has 3 aromatic carbocycles. The molecule has 31 heavy (non-hydrogen) atoms. The van der Waals surface area contributed by atoms with E-state index in [1.54, 1.807) is 41.1 Å². The first-order valence-electron chi connectivity index (χ1n) is 8.96. The van der Waals surface area contributed by atoms with Crippen molar-refractivity contribution < 1.29 is 13.3 Å². The van der Waals surface area contributed by atoms with Crippen molar-refractivity contribution in [1.29, 1.82) is 0 Å². The average Bonchev–Trinajstić information content (AvgIpc) is 3.19. The van der Waals surface area contributed by atoms with Crippen molar-refractivity contribution >= 4 is 27.3 Å². The molecule has 0 amide bonds. The van der Waals surface area contributed by atoms with Crippen LogP contribution in [0.3, 0.4) is 0 Å². The summed E-state index contributed by atoms with van der Waals surface area (Å²) in [5.41, 5.74) is 3.45. The molecule has 0 aliphatic heterocycles. The van der Waals surface area contributed by atoms with Gasteiger partial charge in [-0.25, -0.2) is 18.2 Å². The van der Waals surface area contributed by atoms with Crippen LogP contribution in [-0.4, -0.2) is 23.1 Å². The average molecular weight is 455 g/mol. The number of nitrogens with zero attached hydrogens (tertiary/aromatic N) is 3. The molecule has 0 bridgehead atoms. The lowest BCUT2D eigenvalue weighted by molar-refractivity contribution is -0.384. The van der Waals surface area contributed by atoms with Gasteiger partial charge >= 0.3 is 0 Å². The summed E-state index contributed by atoms with van der Waals surface area (Å²) < 4.78 is 24.8. The van der Waals surface area contributed by atoms with Crippen LogP contribution in [0.25, 0.3) is 28.2 Å². The van der Waals surface area contributed by atoms with Gasteiger partial charge in [-0.2, -0.15) is 5.10 Å². The van der Waals surface area contributed by atoms with Gasteiger partial charge in [0, 0.05) is 28.3 Å². The maximum Gasteiger partial charge on any atom is 0.269 e. The lowest BCUT2D eigenvalue weighted by Gasteiger charge is -2.08. The molecule has 4 aromatic rings. The molecule has 1 aromatic heterocycles. The molecule has 0 radical (unpaired) electrons. The molecule has 1 heterocycles. The van der Waals surface area contributed by atoms with Gasteiger partial charge in [0.1, 0.15) is 0 Å². The molecule has 156 valence electrons. The predicted molar refractivity (Wildman–Crippen MR) is 117 cm³/mol. The Bertz CT molecular complexity index is 1360. The quantitative estimate of drug-likeness (QED) is 0.353. The van der Waals surface area contributed by atoms with Crippen molar-refractivity contribution in [3.63, 3.8) is 0 Å². The van der Waals surface area contributed by atoms with Gasteiger partial charge in [0.05, 0.1) is 26.9 Å². The Morgan fingerprint density at radius 3 is 2.03 bits per heavy atom. The maximum absolute atomic E-state index is 11.6. The summed E-state index contributed by atoms with van der Waals surface area (Å²) in [6.45, 7) is 0. The first-order valence-corrected chi connectivity index (χ1v) is 10.9. The van der Waals surface area contributed by atoms with Crippen LogP contribution < -0.4 is 5.14 Å². The van der Waals surface area contributed by atoms with E-state index in [1.807, 2.05) is 18.2 Å². The van der Waals surface area contributed by atoms with Gasteiger partial charge in [-0.1, -0.05) is 23.7 Å². The van der Waals surface area contributed by atoms with Gasteiger partial charge in [0.15, 0.2) is 0 Å². The molecule has 0 spiro atoms. The van der Waals surface area contributed by atoms with Crippen molar-refractivity contribution in [3.05, 3.63) is 94.0 Å². The Labute approximate surface area is 182 Å². The van der Waals surface area contributed by atoms with Crippen molar-refractivity contribution in [2.24, 2.45) is 5.14 Å². The summed E-state index contributed by atoms with van der Waals surface area (Å²) in [6.07, 6.45) is 0. The fraction of sp³-hybridized carbons (Fsp3) is 0. The fourth-order valence-corrected chi connectivity index (χ4v) is 3.72. The van der Waals surface area contributed by atoms with Gasteiger partial charge in [-0.15, -0.1) is 0 Å². The van der Waals surface area contributed by atoms with Crippen molar-refractivity contribution in [2.45, 2.75) is 4.90 Å². The minimum atomic E-state index is -3.82. The zero-order chi connectivity index (χ0) is 22.2. The van der Waals surface area contributed by atoms with Crippen molar-refractivity contribution in [2.75, 3.05) is 0 Å². The van der Waals surface area contributed by atoms with E-state index in [9.17, 15) is 18.5 Å². The number of hydrogen-bond donors (Lipinski definition) is 1. The van der Waals surface area contributed by atoms with Crippen LogP contribution in [0.1, 0.15) is 0 Å². The maximum atomic E-state index is 11.6. The number of rotatable bonds is 5. The van der Waals surface area contributed by atoms with E-state index >= 15 is 0 Å². The lowest BCUT2D eigenvalue weighted by Crippen LogP contribution is -2.12. The monoisotopic (exact) mass is 454 g/mol. The van der Waals surface area contributed by atoms with E-state index in [0.717, 1.165) is 11.3 Å². The fourth-order valence-electron chi connectivity index (χ4n) is 3.08. The van der Waals surface area contributed by atoms with E-state index in [0.29, 0.717) is 22.0 Å². The summed E-state index contributed by atoms with van der Waals surface area (Å²) in [6, 6.07) is 21.1. The Balaban J connectivity index is 1.84. The van der Waals surface area contributed by atoms with Gasteiger partial charge in [-0.05, 0) is 54.6 Å². The third-order valence-corrected chi connectivity index (χ3v) is 5.81. The highest BCUT2D eigenvalue weighted by atomic mass is 35.5. The van der Waals surface area contributed by atoms with Crippen molar-refractivity contribution in [3.8, 4) is 28.2 Å². The summed E-state index contributed by atoms with van der Waals surface area (Å²) in [5, 5.41) is 21.3. The van der Waals surface area contributed by atoms with Gasteiger partial charge in [-0.3, -0.25) is 10.1 Å². The number of hydrogen-bond acceptors (Lipinski definition) is 5. The van der Waals surface area contributed by atoms with Crippen LogP contribution in [0.2, 0.25) is 5.02 Å². The molecule has 0 aliphatic carbocycles. The smallest absolute Gasteiger partial charge is 0.258 e. The van der Waals surface area contributed by atoms with E-state index in [-0.39, 0.29) is 10.6 Å². The normalized spacial score (nSPS) is 11.4. The molecule has 4 rings (SSSR count). The Kier molecular flexibility index (Phi) is 5.32. The standard InChI is InChI=1S/C21H15ClN4O4S/c22-16-5-1-15(2-6-16)21-13-20(14-3-7-18(8-4-14)26(27)28)24-25(21)17-9-11-19(12-10-17)31(23,29)30/h1-13H,(H2,23,29,30). The van der Waals surface area contributed by atoms with Gasteiger partial charge in [0.2, 0.25) is 10.0 Å². The number of nitrogens with two attached hydrogens (primary N) is 1. The van der Waals surface area contributed by atoms with E-state index < -0.39 is 14.9 Å². The molecular weight excluding hydrogens is 440 g/mol. The number of sulfonamides is 1. The molecule has 0 unspecified atom stereocenters. The number of nitro benzene ring substituents is 1. The third kappa shape index (κ3) is 4.33.